The van der Waals surface area contributed by atoms with Gasteiger partial charge in [0.25, 0.3) is 0 Å². The van der Waals surface area contributed by atoms with E-state index in [1.54, 1.807) is 0 Å². The zero-order valence-corrected chi connectivity index (χ0v) is 10.1. The zero-order chi connectivity index (χ0) is 10.7. The van der Waals surface area contributed by atoms with E-state index in [1.807, 2.05) is 25.1 Å². The molecule has 15 heavy (non-hydrogen) atoms. The van der Waals surface area contributed by atoms with Crippen molar-refractivity contribution in [2.24, 2.45) is 0 Å². The van der Waals surface area contributed by atoms with Crippen LogP contribution in [0.3, 0.4) is 0 Å². The van der Waals surface area contributed by atoms with Crippen LogP contribution in [0.25, 0.3) is 0 Å². The maximum absolute atomic E-state index is 5.45. The van der Waals surface area contributed by atoms with E-state index >= 15 is 0 Å². The van der Waals surface area contributed by atoms with E-state index in [9.17, 15) is 0 Å². The van der Waals surface area contributed by atoms with Crippen LogP contribution in [-0.2, 0) is 9.47 Å². The van der Waals surface area contributed by atoms with Crippen molar-refractivity contribution >= 4 is 15.9 Å². The average Bonchev–Trinajstić information content (AvgIpc) is 2.74. The van der Waals surface area contributed by atoms with E-state index in [0.717, 1.165) is 15.8 Å². The first-order valence-electron chi connectivity index (χ1n) is 4.96. The summed E-state index contributed by atoms with van der Waals surface area (Å²) in [5, 5.41) is 0. The fraction of sp³-hybridized carbons (Fsp3) is 0.455. The van der Waals surface area contributed by atoms with Gasteiger partial charge in [-0.3, -0.25) is 0 Å². The van der Waals surface area contributed by atoms with Gasteiger partial charge in [0.2, 0.25) is 0 Å². The van der Waals surface area contributed by atoms with Gasteiger partial charge < -0.3 is 14.2 Å². The van der Waals surface area contributed by atoms with E-state index in [4.69, 9.17) is 14.2 Å². The van der Waals surface area contributed by atoms with Gasteiger partial charge in [0, 0.05) is 10.0 Å². The normalized spacial score (nSPS) is 16.9. The van der Waals surface area contributed by atoms with Crippen molar-refractivity contribution in [3.8, 4) is 5.75 Å². The highest BCUT2D eigenvalue weighted by Crippen LogP contribution is 2.32. The van der Waals surface area contributed by atoms with E-state index in [2.05, 4.69) is 15.9 Å². The molecule has 1 aliphatic heterocycles. The molecule has 0 saturated carbocycles. The molecule has 1 aromatic rings. The van der Waals surface area contributed by atoms with E-state index in [1.165, 1.54) is 0 Å². The molecular formula is C11H13BrO3. The van der Waals surface area contributed by atoms with Crippen LogP contribution in [0.2, 0.25) is 0 Å². The summed E-state index contributed by atoms with van der Waals surface area (Å²) < 4.78 is 17.3. The number of hydrogen-bond donors (Lipinski definition) is 0. The quantitative estimate of drug-likeness (QED) is 0.847. The highest BCUT2D eigenvalue weighted by atomic mass is 79.9. The van der Waals surface area contributed by atoms with Gasteiger partial charge in [-0.1, -0.05) is 15.9 Å². The Hall–Kier alpha value is -0.580. The van der Waals surface area contributed by atoms with Crippen LogP contribution in [0, 0.1) is 0 Å². The van der Waals surface area contributed by atoms with Crippen LogP contribution in [0.4, 0.5) is 0 Å². The molecule has 1 aromatic carbocycles. The Morgan fingerprint density at radius 1 is 1.40 bits per heavy atom. The first-order valence-corrected chi connectivity index (χ1v) is 5.76. The van der Waals surface area contributed by atoms with Crippen LogP contribution >= 0.6 is 15.9 Å². The number of hydrogen-bond acceptors (Lipinski definition) is 3. The standard InChI is InChI=1S/C11H13BrO3/c1-2-13-8-3-4-10(12)9(7-8)11-14-5-6-15-11/h3-4,7,11H,2,5-6H2,1H3. The molecule has 4 heteroatoms. The van der Waals surface area contributed by atoms with Gasteiger partial charge in [-0.25, -0.2) is 0 Å². The molecule has 1 fully saturated rings. The summed E-state index contributed by atoms with van der Waals surface area (Å²) in [5.74, 6) is 0.842. The molecule has 0 aliphatic carbocycles. The van der Waals surface area contributed by atoms with Gasteiger partial charge in [-0.2, -0.15) is 0 Å². The smallest absolute Gasteiger partial charge is 0.185 e. The van der Waals surface area contributed by atoms with Crippen molar-refractivity contribution < 1.29 is 14.2 Å². The Labute approximate surface area is 97.5 Å². The molecule has 1 saturated heterocycles. The van der Waals surface area contributed by atoms with Crippen LogP contribution in [0.1, 0.15) is 18.8 Å². The minimum Gasteiger partial charge on any atom is -0.494 e. The molecule has 0 atom stereocenters. The Balaban J connectivity index is 2.23. The fourth-order valence-electron chi connectivity index (χ4n) is 1.50. The second-order valence-corrected chi connectivity index (χ2v) is 4.04. The van der Waals surface area contributed by atoms with Crippen molar-refractivity contribution in [1.29, 1.82) is 0 Å². The van der Waals surface area contributed by atoms with Crippen LogP contribution in [-0.4, -0.2) is 19.8 Å². The molecule has 2 rings (SSSR count). The summed E-state index contributed by atoms with van der Waals surface area (Å²) in [5.41, 5.74) is 0.985. The molecule has 1 aliphatic rings. The molecule has 0 amide bonds. The Bertz CT molecular complexity index is 335. The third-order valence-electron chi connectivity index (χ3n) is 2.15. The molecule has 0 N–H and O–H groups in total. The predicted molar refractivity (Wildman–Crippen MR) is 60.0 cm³/mol. The van der Waals surface area contributed by atoms with E-state index in [-0.39, 0.29) is 6.29 Å². The summed E-state index contributed by atoms with van der Waals surface area (Å²) in [6.07, 6.45) is -0.264. The molecule has 0 aromatic heterocycles. The number of benzene rings is 1. The van der Waals surface area contributed by atoms with Crippen molar-refractivity contribution in [3.05, 3.63) is 28.2 Å². The van der Waals surface area contributed by atoms with Crippen LogP contribution in [0.5, 0.6) is 5.75 Å². The summed E-state index contributed by atoms with van der Waals surface area (Å²) >= 11 is 3.48. The SMILES string of the molecule is CCOc1ccc(Br)c(C2OCCO2)c1. The van der Waals surface area contributed by atoms with Gasteiger partial charge in [0.05, 0.1) is 19.8 Å². The lowest BCUT2D eigenvalue weighted by Gasteiger charge is -2.13. The maximum atomic E-state index is 5.45. The molecule has 0 spiro atoms. The maximum Gasteiger partial charge on any atom is 0.185 e. The highest BCUT2D eigenvalue weighted by Gasteiger charge is 2.21. The summed E-state index contributed by atoms with van der Waals surface area (Å²) in [6, 6.07) is 5.82. The average molecular weight is 273 g/mol. The molecule has 3 nitrogen and oxygen atoms in total. The minimum atomic E-state index is -0.264. The second-order valence-electron chi connectivity index (χ2n) is 3.19. The van der Waals surface area contributed by atoms with Crippen molar-refractivity contribution in [2.75, 3.05) is 19.8 Å². The topological polar surface area (TPSA) is 27.7 Å². The molecule has 0 unspecified atom stereocenters. The first kappa shape index (κ1) is 10.9. The number of halogens is 1. The third-order valence-corrected chi connectivity index (χ3v) is 2.88. The lowest BCUT2D eigenvalue weighted by atomic mass is 10.2. The lowest BCUT2D eigenvalue weighted by Crippen LogP contribution is -2.00. The third kappa shape index (κ3) is 2.51. The predicted octanol–water partition coefficient (Wildman–Crippen LogP) is 2.89. The molecule has 0 bridgehead atoms. The Morgan fingerprint density at radius 2 is 2.13 bits per heavy atom. The van der Waals surface area contributed by atoms with Gasteiger partial charge >= 0.3 is 0 Å². The Kier molecular flexibility index (Phi) is 3.61. The number of rotatable bonds is 3. The highest BCUT2D eigenvalue weighted by molar-refractivity contribution is 9.10. The van der Waals surface area contributed by atoms with Gasteiger partial charge in [-0.15, -0.1) is 0 Å². The summed E-state index contributed by atoms with van der Waals surface area (Å²) in [7, 11) is 0. The van der Waals surface area contributed by atoms with Crippen LogP contribution < -0.4 is 4.74 Å². The fourth-order valence-corrected chi connectivity index (χ4v) is 1.93. The van der Waals surface area contributed by atoms with Gasteiger partial charge in [0.1, 0.15) is 5.75 Å². The van der Waals surface area contributed by atoms with Crippen molar-refractivity contribution in [2.45, 2.75) is 13.2 Å². The molecule has 1 heterocycles. The van der Waals surface area contributed by atoms with Crippen LogP contribution in [0.15, 0.2) is 22.7 Å². The van der Waals surface area contributed by atoms with Crippen molar-refractivity contribution in [3.63, 3.8) is 0 Å². The minimum absolute atomic E-state index is 0.264. The second kappa shape index (κ2) is 4.96. The summed E-state index contributed by atoms with van der Waals surface area (Å²) in [4.78, 5) is 0. The van der Waals surface area contributed by atoms with Gasteiger partial charge in [-0.05, 0) is 25.1 Å². The summed E-state index contributed by atoms with van der Waals surface area (Å²) in [6.45, 7) is 3.92. The van der Waals surface area contributed by atoms with Gasteiger partial charge in [0.15, 0.2) is 6.29 Å². The molecular weight excluding hydrogens is 260 g/mol. The Morgan fingerprint density at radius 3 is 2.80 bits per heavy atom. The lowest BCUT2D eigenvalue weighted by molar-refractivity contribution is -0.0447. The molecule has 82 valence electrons. The molecule has 0 radical (unpaired) electrons. The van der Waals surface area contributed by atoms with Crippen molar-refractivity contribution in [1.82, 2.24) is 0 Å². The first-order chi connectivity index (χ1) is 7.31. The largest absolute Gasteiger partial charge is 0.494 e. The number of ether oxygens (including phenoxy) is 3. The monoisotopic (exact) mass is 272 g/mol. The zero-order valence-electron chi connectivity index (χ0n) is 8.53. The van der Waals surface area contributed by atoms with E-state index in [0.29, 0.717) is 19.8 Å². The van der Waals surface area contributed by atoms with E-state index < -0.39 is 0 Å².